The number of allylic oxidation sites excluding steroid dienone is 1. The van der Waals surface area contributed by atoms with Crippen LogP contribution in [0.15, 0.2) is 11.6 Å². The van der Waals surface area contributed by atoms with E-state index in [9.17, 15) is 24.0 Å². The van der Waals surface area contributed by atoms with E-state index in [4.69, 9.17) is 28.4 Å². The molecule has 2 heterocycles. The average Bonchev–Trinajstić information content (AvgIpc) is 3.98. The first-order valence-electron chi connectivity index (χ1n) is 16.8. The third kappa shape index (κ3) is 12.8. The van der Waals surface area contributed by atoms with Crippen molar-refractivity contribution in [2.24, 2.45) is 5.92 Å². The average molecular weight is 683 g/mol. The molecule has 3 aliphatic rings. The molecule has 1 saturated carbocycles. The lowest BCUT2D eigenvalue weighted by Gasteiger charge is -2.42. The monoisotopic (exact) mass is 682 g/mol. The molecule has 0 aromatic rings. The van der Waals surface area contributed by atoms with Gasteiger partial charge in [-0.3, -0.25) is 19.2 Å². The van der Waals surface area contributed by atoms with Crippen molar-refractivity contribution in [3.63, 3.8) is 0 Å². The van der Waals surface area contributed by atoms with Gasteiger partial charge in [0.2, 0.25) is 17.7 Å². The SMILES string of the molecule is COC1C(OC(=O)CCCOCCOCCNC(=O)CCNCC(=O)NCC(=O)NCC=O)CC[C@]2(CO2)C1[C@@]1(C)O[C@@H]1CC=C(C)C. The van der Waals surface area contributed by atoms with Crippen molar-refractivity contribution in [2.75, 3.05) is 72.9 Å². The fourth-order valence-corrected chi connectivity index (χ4v) is 6.15. The largest absolute Gasteiger partial charge is 0.460 e. The van der Waals surface area contributed by atoms with E-state index in [1.807, 2.05) is 0 Å². The summed E-state index contributed by atoms with van der Waals surface area (Å²) >= 11 is 0. The summed E-state index contributed by atoms with van der Waals surface area (Å²) in [7, 11) is 1.66. The van der Waals surface area contributed by atoms with E-state index in [0.717, 1.165) is 12.8 Å². The third-order valence-electron chi connectivity index (χ3n) is 8.77. The van der Waals surface area contributed by atoms with Crippen LogP contribution in [0.25, 0.3) is 0 Å². The Morgan fingerprint density at radius 1 is 0.917 bits per heavy atom. The van der Waals surface area contributed by atoms with Crippen molar-refractivity contribution in [2.45, 2.75) is 88.8 Å². The molecule has 1 aliphatic carbocycles. The molecular weight excluding hydrogens is 628 g/mol. The highest BCUT2D eigenvalue weighted by Crippen LogP contribution is 2.59. The van der Waals surface area contributed by atoms with E-state index in [1.165, 1.54) is 5.57 Å². The number of rotatable bonds is 24. The molecule has 0 aromatic carbocycles. The fraction of sp³-hybridized carbons (Fsp3) is 0.788. The van der Waals surface area contributed by atoms with Crippen LogP contribution in [0.5, 0.6) is 0 Å². The zero-order valence-electron chi connectivity index (χ0n) is 28.8. The summed E-state index contributed by atoms with van der Waals surface area (Å²) in [4.78, 5) is 57.8. The van der Waals surface area contributed by atoms with Gasteiger partial charge < -0.3 is 54.5 Å². The second-order valence-corrected chi connectivity index (χ2v) is 12.8. The summed E-state index contributed by atoms with van der Waals surface area (Å²) in [5.41, 5.74) is 0.615. The number of methoxy groups -OCH3 is 1. The summed E-state index contributed by atoms with van der Waals surface area (Å²) in [5.74, 6) is -1.34. The van der Waals surface area contributed by atoms with E-state index >= 15 is 0 Å². The van der Waals surface area contributed by atoms with E-state index in [1.54, 1.807) is 7.11 Å². The Bertz CT molecular complexity index is 1110. The van der Waals surface area contributed by atoms with Crippen LogP contribution in [0.3, 0.4) is 0 Å². The Hall–Kier alpha value is -2.95. The minimum atomic E-state index is -0.462. The normalized spacial score (nSPS) is 27.1. The van der Waals surface area contributed by atoms with Crippen LogP contribution >= 0.6 is 0 Å². The minimum absolute atomic E-state index is 0.0134. The van der Waals surface area contributed by atoms with Gasteiger partial charge in [-0.25, -0.2) is 0 Å². The number of hydrogen-bond acceptors (Lipinski definition) is 12. The standard InChI is InChI=1S/C33H54N4O11/c1-23(2)7-8-25-32(3,48-25)31-30(43-4)24(9-11-33(31)22-46-33)47-29(42)6-5-16-44-18-19-45-17-14-36-26(39)10-12-34-20-27(40)37-21-28(41)35-13-15-38/h7,15,24-25,30-31,34H,5-6,8-14,16-22H2,1-4H3,(H,35,41)(H,36,39)(H,37,40)/t24?,25-,30?,31?,32+,33+/m1/s1. The van der Waals surface area contributed by atoms with Crippen LogP contribution in [0.1, 0.15) is 59.3 Å². The van der Waals surface area contributed by atoms with E-state index in [2.05, 4.69) is 48.1 Å². The Kier molecular flexibility index (Phi) is 16.4. The third-order valence-corrected chi connectivity index (χ3v) is 8.77. The van der Waals surface area contributed by atoms with Gasteiger partial charge in [0.1, 0.15) is 29.7 Å². The lowest BCUT2D eigenvalue weighted by molar-refractivity contribution is -0.172. The molecule has 4 N–H and O–H groups in total. The highest BCUT2D eigenvalue weighted by molar-refractivity contribution is 5.86. The molecule has 2 aliphatic heterocycles. The number of epoxide rings is 2. The molecule has 3 rings (SSSR count). The molecule has 15 nitrogen and oxygen atoms in total. The zero-order chi connectivity index (χ0) is 35.0. The molecular formula is C33H54N4O11. The summed E-state index contributed by atoms with van der Waals surface area (Å²) in [6.07, 6.45) is 5.45. The molecule has 2 saturated heterocycles. The predicted octanol–water partition coefficient (Wildman–Crippen LogP) is -0.0534. The number of carbonyl (C=O) groups excluding carboxylic acids is 5. The molecule has 1 spiro atoms. The molecule has 272 valence electrons. The van der Waals surface area contributed by atoms with Crippen LogP contribution in [-0.2, 0) is 52.4 Å². The number of amides is 3. The van der Waals surface area contributed by atoms with Gasteiger partial charge in [-0.15, -0.1) is 0 Å². The van der Waals surface area contributed by atoms with Gasteiger partial charge in [0.05, 0.1) is 58.1 Å². The molecule has 3 unspecified atom stereocenters. The maximum atomic E-state index is 12.7. The summed E-state index contributed by atoms with van der Waals surface area (Å²) in [6.45, 7) is 8.62. The molecule has 0 aromatic heterocycles. The maximum Gasteiger partial charge on any atom is 0.306 e. The van der Waals surface area contributed by atoms with E-state index in [-0.39, 0.29) is 86.3 Å². The molecule has 15 heteroatoms. The number of nitrogens with one attached hydrogen (secondary N) is 4. The van der Waals surface area contributed by atoms with Crippen molar-refractivity contribution in [3.8, 4) is 0 Å². The van der Waals surface area contributed by atoms with Gasteiger partial charge in [0.15, 0.2) is 0 Å². The Balaban J connectivity index is 1.18. The number of aldehydes is 1. The number of carbonyl (C=O) groups is 5. The Morgan fingerprint density at radius 3 is 2.33 bits per heavy atom. The van der Waals surface area contributed by atoms with Gasteiger partial charge in [0, 0.05) is 39.6 Å². The molecule has 3 amide bonds. The molecule has 6 atom stereocenters. The minimum Gasteiger partial charge on any atom is -0.460 e. The first-order valence-corrected chi connectivity index (χ1v) is 16.8. The van der Waals surface area contributed by atoms with Crippen LogP contribution in [0, 0.1) is 5.92 Å². The summed E-state index contributed by atoms with van der Waals surface area (Å²) in [5, 5.41) is 10.3. The van der Waals surface area contributed by atoms with E-state index in [0.29, 0.717) is 58.7 Å². The summed E-state index contributed by atoms with van der Waals surface area (Å²) in [6, 6.07) is 0. The van der Waals surface area contributed by atoms with Crippen LogP contribution in [-0.4, -0.2) is 132 Å². The fourth-order valence-electron chi connectivity index (χ4n) is 6.15. The van der Waals surface area contributed by atoms with Gasteiger partial charge in [0.25, 0.3) is 0 Å². The van der Waals surface area contributed by atoms with Crippen molar-refractivity contribution in [1.29, 1.82) is 0 Å². The highest BCUT2D eigenvalue weighted by Gasteiger charge is 2.72. The van der Waals surface area contributed by atoms with Crippen LogP contribution in [0.2, 0.25) is 0 Å². The second kappa shape index (κ2) is 19.9. The zero-order valence-corrected chi connectivity index (χ0v) is 28.8. The van der Waals surface area contributed by atoms with Gasteiger partial charge in [-0.1, -0.05) is 11.6 Å². The maximum absolute atomic E-state index is 12.7. The molecule has 48 heavy (non-hydrogen) atoms. The van der Waals surface area contributed by atoms with Crippen LogP contribution < -0.4 is 21.3 Å². The Morgan fingerprint density at radius 2 is 1.65 bits per heavy atom. The lowest BCUT2D eigenvalue weighted by atomic mass is 9.68. The van der Waals surface area contributed by atoms with Crippen molar-refractivity contribution in [1.82, 2.24) is 21.3 Å². The topological polar surface area (TPSA) is 195 Å². The van der Waals surface area contributed by atoms with Crippen molar-refractivity contribution < 1.29 is 52.4 Å². The predicted molar refractivity (Wildman–Crippen MR) is 173 cm³/mol. The molecule has 0 bridgehead atoms. The van der Waals surface area contributed by atoms with Crippen LogP contribution in [0.4, 0.5) is 0 Å². The van der Waals surface area contributed by atoms with E-state index < -0.39 is 11.8 Å². The smallest absolute Gasteiger partial charge is 0.306 e. The second-order valence-electron chi connectivity index (χ2n) is 12.8. The molecule has 3 fully saturated rings. The highest BCUT2D eigenvalue weighted by atomic mass is 16.6. The number of esters is 1. The number of hydrogen-bond donors (Lipinski definition) is 4. The first-order chi connectivity index (χ1) is 23.0. The lowest BCUT2D eigenvalue weighted by Crippen LogP contribution is -2.55. The quantitative estimate of drug-likeness (QED) is 0.0349. The van der Waals surface area contributed by atoms with Gasteiger partial charge in [-0.2, -0.15) is 0 Å². The summed E-state index contributed by atoms with van der Waals surface area (Å²) < 4.78 is 35.1. The van der Waals surface area contributed by atoms with Crippen molar-refractivity contribution in [3.05, 3.63) is 11.6 Å². The Labute approximate surface area is 282 Å². The van der Waals surface area contributed by atoms with Gasteiger partial charge in [-0.05, 0) is 46.5 Å². The number of ether oxygens (including phenoxy) is 6. The van der Waals surface area contributed by atoms with Gasteiger partial charge >= 0.3 is 5.97 Å². The van der Waals surface area contributed by atoms with Crippen molar-refractivity contribution >= 4 is 30.0 Å². The molecule has 0 radical (unpaired) electrons. The first kappa shape index (κ1) is 39.5.